The second-order valence-electron chi connectivity index (χ2n) is 4.92. The van der Waals surface area contributed by atoms with Crippen LogP contribution in [0.25, 0.3) is 0 Å². The van der Waals surface area contributed by atoms with E-state index in [-0.39, 0.29) is 5.97 Å². The average molecular weight is 287 g/mol. The highest BCUT2D eigenvalue weighted by molar-refractivity contribution is 9.10. The van der Waals surface area contributed by atoms with Gasteiger partial charge in [-0.3, -0.25) is 0 Å². The lowest BCUT2D eigenvalue weighted by atomic mass is 10.2. The third-order valence-corrected chi connectivity index (χ3v) is 3.16. The van der Waals surface area contributed by atoms with Crippen LogP contribution in [0.3, 0.4) is 0 Å². The number of halogens is 1. The van der Waals surface area contributed by atoms with Crippen molar-refractivity contribution in [3.63, 3.8) is 0 Å². The van der Waals surface area contributed by atoms with Gasteiger partial charge in [0.1, 0.15) is 16.0 Å². The van der Waals surface area contributed by atoms with Crippen LogP contribution in [-0.2, 0) is 17.7 Å². The molecule has 1 aromatic rings. The molecule has 0 bridgehead atoms. The van der Waals surface area contributed by atoms with Crippen molar-refractivity contribution in [1.29, 1.82) is 0 Å². The van der Waals surface area contributed by atoms with E-state index in [2.05, 4.69) is 20.9 Å². The number of aryl methyl sites for hydroxylation is 1. The Balaban J connectivity index is 2.25. The second kappa shape index (κ2) is 3.87. The Hall–Kier alpha value is -0.840. The molecule has 0 radical (unpaired) electrons. The Morgan fingerprint density at radius 1 is 1.50 bits per heavy atom. The zero-order valence-electron chi connectivity index (χ0n) is 9.71. The van der Waals surface area contributed by atoms with Crippen LogP contribution in [0.4, 0.5) is 0 Å². The van der Waals surface area contributed by atoms with Gasteiger partial charge in [-0.25, -0.2) is 9.78 Å². The van der Waals surface area contributed by atoms with Crippen LogP contribution in [0.5, 0.6) is 0 Å². The molecule has 1 aliphatic heterocycles. The number of hydrogen-bond donors (Lipinski definition) is 0. The first-order valence-corrected chi connectivity index (χ1v) is 6.16. The molecule has 5 heteroatoms. The summed E-state index contributed by atoms with van der Waals surface area (Å²) in [5.74, 6) is 0.606. The lowest BCUT2D eigenvalue weighted by Gasteiger charge is -2.18. The van der Waals surface area contributed by atoms with Crippen LogP contribution in [0.1, 0.15) is 43.5 Å². The summed E-state index contributed by atoms with van der Waals surface area (Å²) in [7, 11) is 0. The summed E-state index contributed by atoms with van der Waals surface area (Å²) >= 11 is 3.41. The Labute approximate surface area is 103 Å². The summed E-state index contributed by atoms with van der Waals surface area (Å²) in [6.07, 6.45) is 2.02. The molecule has 4 nitrogen and oxygen atoms in total. The number of imidazole rings is 1. The third kappa shape index (κ3) is 2.14. The second-order valence-corrected chi connectivity index (χ2v) is 5.68. The van der Waals surface area contributed by atoms with Gasteiger partial charge in [-0.1, -0.05) is 0 Å². The van der Waals surface area contributed by atoms with Crippen molar-refractivity contribution in [2.24, 2.45) is 0 Å². The lowest BCUT2D eigenvalue weighted by molar-refractivity contribution is 0.00619. The summed E-state index contributed by atoms with van der Waals surface area (Å²) in [5.41, 5.74) is -0.0884. The molecule has 0 saturated heterocycles. The molecule has 0 aromatic carbocycles. The molecule has 0 spiro atoms. The van der Waals surface area contributed by atoms with Crippen LogP contribution < -0.4 is 0 Å². The third-order valence-electron chi connectivity index (χ3n) is 2.36. The van der Waals surface area contributed by atoms with Gasteiger partial charge in [0, 0.05) is 13.0 Å². The van der Waals surface area contributed by atoms with Gasteiger partial charge in [0.25, 0.3) is 0 Å². The van der Waals surface area contributed by atoms with Crippen LogP contribution in [0, 0.1) is 0 Å². The van der Waals surface area contributed by atoms with Gasteiger partial charge in [0.2, 0.25) is 0 Å². The predicted molar refractivity (Wildman–Crippen MR) is 63.4 cm³/mol. The predicted octanol–water partition coefficient (Wildman–Crippen LogP) is 2.55. The zero-order valence-corrected chi connectivity index (χ0v) is 11.3. The standard InChI is InChI=1S/C11H15BrN2O2/c1-11(2,3)16-10(15)8-9(12)14-6-4-5-7(14)13-8/h4-6H2,1-3H3. The monoisotopic (exact) mass is 286 g/mol. The Bertz CT molecular complexity index is 432. The van der Waals surface area contributed by atoms with Crippen molar-refractivity contribution in [3.8, 4) is 0 Å². The first kappa shape index (κ1) is 11.6. The summed E-state index contributed by atoms with van der Waals surface area (Å²) in [6, 6.07) is 0. The fourth-order valence-corrected chi connectivity index (χ4v) is 2.38. The summed E-state index contributed by atoms with van der Waals surface area (Å²) in [5, 5.41) is 0. The van der Waals surface area contributed by atoms with E-state index in [1.807, 2.05) is 25.3 Å². The van der Waals surface area contributed by atoms with Gasteiger partial charge in [-0.15, -0.1) is 0 Å². The van der Waals surface area contributed by atoms with Crippen molar-refractivity contribution < 1.29 is 9.53 Å². The fourth-order valence-electron chi connectivity index (χ4n) is 1.75. The molecule has 0 saturated carbocycles. The molecule has 0 atom stereocenters. The van der Waals surface area contributed by atoms with Gasteiger partial charge in [0.05, 0.1) is 0 Å². The SMILES string of the molecule is CC(C)(C)OC(=O)c1nc2n(c1Br)CCC2. The highest BCUT2D eigenvalue weighted by Gasteiger charge is 2.27. The molecule has 2 heterocycles. The number of rotatable bonds is 1. The number of hydrogen-bond acceptors (Lipinski definition) is 3. The van der Waals surface area contributed by atoms with Crippen molar-refractivity contribution in [2.45, 2.75) is 45.8 Å². The number of esters is 1. The van der Waals surface area contributed by atoms with Crippen LogP contribution in [0.2, 0.25) is 0 Å². The van der Waals surface area contributed by atoms with E-state index in [9.17, 15) is 4.79 Å². The molecular formula is C11H15BrN2O2. The van der Waals surface area contributed by atoms with E-state index in [1.54, 1.807) is 0 Å². The maximum atomic E-state index is 11.9. The van der Waals surface area contributed by atoms with Crippen molar-refractivity contribution in [1.82, 2.24) is 9.55 Å². The van der Waals surface area contributed by atoms with E-state index >= 15 is 0 Å². The molecule has 0 aliphatic carbocycles. The average Bonchev–Trinajstić information content (AvgIpc) is 2.66. The molecule has 0 N–H and O–H groups in total. The van der Waals surface area contributed by atoms with Gasteiger partial charge in [-0.05, 0) is 43.1 Å². The molecule has 0 unspecified atom stereocenters. The van der Waals surface area contributed by atoms with E-state index in [1.165, 1.54) is 0 Å². The van der Waals surface area contributed by atoms with Gasteiger partial charge in [0.15, 0.2) is 5.69 Å². The topological polar surface area (TPSA) is 44.1 Å². The van der Waals surface area contributed by atoms with Crippen molar-refractivity contribution in [3.05, 3.63) is 16.1 Å². The number of fused-ring (bicyclic) bond motifs is 1. The number of aromatic nitrogens is 2. The lowest BCUT2D eigenvalue weighted by Crippen LogP contribution is -2.24. The van der Waals surface area contributed by atoms with E-state index in [0.717, 1.165) is 29.8 Å². The smallest absolute Gasteiger partial charge is 0.360 e. The van der Waals surface area contributed by atoms with E-state index < -0.39 is 5.60 Å². The normalized spacial score (nSPS) is 15.0. The van der Waals surface area contributed by atoms with Gasteiger partial charge >= 0.3 is 5.97 Å². The summed E-state index contributed by atoms with van der Waals surface area (Å²) in [4.78, 5) is 16.2. The fraction of sp³-hybridized carbons (Fsp3) is 0.636. The number of nitrogens with zero attached hydrogens (tertiary/aromatic N) is 2. The minimum atomic E-state index is -0.482. The van der Waals surface area contributed by atoms with Gasteiger partial charge in [-0.2, -0.15) is 0 Å². The highest BCUT2D eigenvalue weighted by atomic mass is 79.9. The maximum absolute atomic E-state index is 11.9. The molecular weight excluding hydrogens is 272 g/mol. The quantitative estimate of drug-likeness (QED) is 0.746. The minimum absolute atomic E-state index is 0.360. The Kier molecular flexibility index (Phi) is 2.82. The molecule has 1 aromatic heterocycles. The van der Waals surface area contributed by atoms with Crippen molar-refractivity contribution >= 4 is 21.9 Å². The van der Waals surface area contributed by atoms with Crippen LogP contribution in [0.15, 0.2) is 4.60 Å². The number of carbonyl (C=O) groups is 1. The minimum Gasteiger partial charge on any atom is -0.455 e. The highest BCUT2D eigenvalue weighted by Crippen LogP contribution is 2.26. The van der Waals surface area contributed by atoms with E-state index in [4.69, 9.17) is 4.74 Å². The molecule has 0 amide bonds. The van der Waals surface area contributed by atoms with Gasteiger partial charge < -0.3 is 9.30 Å². The first-order chi connectivity index (χ1) is 7.38. The molecule has 88 valence electrons. The maximum Gasteiger partial charge on any atom is 0.360 e. The molecule has 1 aliphatic rings. The Morgan fingerprint density at radius 3 is 2.75 bits per heavy atom. The Morgan fingerprint density at radius 2 is 2.19 bits per heavy atom. The summed E-state index contributed by atoms with van der Waals surface area (Å²) < 4.78 is 8.07. The first-order valence-electron chi connectivity index (χ1n) is 5.37. The largest absolute Gasteiger partial charge is 0.455 e. The van der Waals surface area contributed by atoms with Crippen LogP contribution in [-0.4, -0.2) is 21.1 Å². The van der Waals surface area contributed by atoms with E-state index in [0.29, 0.717) is 5.69 Å². The summed E-state index contributed by atoms with van der Waals surface area (Å²) in [6.45, 7) is 6.47. The number of carbonyl (C=O) groups excluding carboxylic acids is 1. The molecule has 2 rings (SSSR count). The van der Waals surface area contributed by atoms with Crippen LogP contribution >= 0.6 is 15.9 Å². The molecule has 0 fully saturated rings. The zero-order chi connectivity index (χ0) is 11.9. The number of ether oxygens (including phenoxy) is 1. The van der Waals surface area contributed by atoms with Crippen molar-refractivity contribution in [2.75, 3.05) is 0 Å². The molecule has 16 heavy (non-hydrogen) atoms.